The molecular formula is C38H39F2O5S2+. The Balaban J connectivity index is 0.000000177. The van der Waals surface area contributed by atoms with Gasteiger partial charge in [-0.05, 0) is 98.7 Å². The second kappa shape index (κ2) is 13.5. The summed E-state index contributed by atoms with van der Waals surface area (Å²) in [7, 11) is -4.78. The molecule has 4 aliphatic carbocycles. The number of ether oxygens (including phenoxy) is 1. The van der Waals surface area contributed by atoms with E-state index in [1.54, 1.807) is 0 Å². The summed E-state index contributed by atoms with van der Waals surface area (Å²) in [6.07, 6.45) is 3.71. The van der Waals surface area contributed by atoms with E-state index in [-0.39, 0.29) is 34.6 Å². The fraction of sp³-hybridized carbons (Fsp3) is 0.342. The van der Waals surface area contributed by atoms with Gasteiger partial charge in [-0.3, -0.25) is 4.18 Å². The van der Waals surface area contributed by atoms with Gasteiger partial charge in [-0.2, -0.15) is 17.2 Å². The first-order valence-electron chi connectivity index (χ1n) is 15.9. The van der Waals surface area contributed by atoms with E-state index in [0.29, 0.717) is 12.8 Å². The molecule has 4 aromatic rings. The van der Waals surface area contributed by atoms with Crippen LogP contribution in [0, 0.1) is 24.7 Å². The van der Waals surface area contributed by atoms with Crippen LogP contribution in [-0.2, 0) is 34.7 Å². The summed E-state index contributed by atoms with van der Waals surface area (Å²) in [4.78, 5) is 15.5. The van der Waals surface area contributed by atoms with Crippen molar-refractivity contribution in [3.8, 4) is 0 Å². The lowest BCUT2D eigenvalue weighted by Gasteiger charge is -2.60. The third-order valence-electron chi connectivity index (χ3n) is 9.60. The van der Waals surface area contributed by atoms with Crippen LogP contribution in [-0.4, -0.2) is 32.4 Å². The smallest absolute Gasteiger partial charge is 0.464 e. The molecule has 246 valence electrons. The van der Waals surface area contributed by atoms with E-state index >= 15 is 0 Å². The molecule has 4 saturated carbocycles. The maximum absolute atomic E-state index is 14.3. The van der Waals surface area contributed by atoms with Gasteiger partial charge in [0.1, 0.15) is 0 Å². The molecule has 4 fully saturated rings. The SMILES string of the molecule is COC(=O)C(F)(F)S(=O)(=O)OC12CC3CC(CC(C3)C1c1cccc(C)c1)C2.c1ccc([S+](c2ccccc2)c2ccccc2)cc1. The predicted molar refractivity (Wildman–Crippen MR) is 179 cm³/mol. The standard InChI is InChI=1S/C20H24F2O5S.C18H15S/c1-12-4-3-5-15(6-12)17-16-8-13-7-14(9-16)11-19(17,10-13)27-28(24,25)20(21,22)18(23)26-2;1-4-10-16(11-5-1)19(17-12-6-2-7-13-17)18-14-8-3-9-15-18/h3-6,13-14,16-17H,7-11H2,1-2H3;1-15H/q;+1. The van der Waals surface area contributed by atoms with Crippen LogP contribution in [0.1, 0.15) is 49.1 Å². The second-order valence-corrected chi connectivity index (χ2v) is 16.5. The molecule has 3 unspecified atom stereocenters. The van der Waals surface area contributed by atoms with Gasteiger partial charge in [-0.15, -0.1) is 0 Å². The van der Waals surface area contributed by atoms with Crippen molar-refractivity contribution in [1.82, 2.24) is 0 Å². The number of rotatable bonds is 8. The van der Waals surface area contributed by atoms with Gasteiger partial charge in [0.15, 0.2) is 14.7 Å². The highest BCUT2D eigenvalue weighted by atomic mass is 32.2. The zero-order valence-electron chi connectivity index (χ0n) is 26.4. The van der Waals surface area contributed by atoms with E-state index in [0.717, 1.165) is 37.5 Å². The normalized spacial score (nSPS) is 24.8. The lowest BCUT2D eigenvalue weighted by atomic mass is 9.48. The minimum atomic E-state index is -5.49. The Morgan fingerprint density at radius 1 is 0.766 bits per heavy atom. The molecule has 4 aromatic carbocycles. The van der Waals surface area contributed by atoms with Gasteiger partial charge in [0.2, 0.25) is 0 Å². The highest BCUT2D eigenvalue weighted by Crippen LogP contribution is 2.64. The van der Waals surface area contributed by atoms with Gasteiger partial charge in [-0.1, -0.05) is 84.4 Å². The third kappa shape index (κ3) is 6.76. The topological polar surface area (TPSA) is 69.7 Å². The van der Waals surface area contributed by atoms with Gasteiger partial charge in [0, 0.05) is 5.92 Å². The first-order valence-corrected chi connectivity index (χ1v) is 18.5. The quantitative estimate of drug-likeness (QED) is 0.106. The van der Waals surface area contributed by atoms with E-state index in [2.05, 4.69) is 95.7 Å². The Hall–Kier alpha value is -3.53. The van der Waals surface area contributed by atoms with E-state index in [4.69, 9.17) is 4.18 Å². The van der Waals surface area contributed by atoms with Crippen LogP contribution in [0.15, 0.2) is 130 Å². The molecule has 4 aliphatic rings. The highest BCUT2D eigenvalue weighted by molar-refractivity contribution is 7.97. The van der Waals surface area contributed by atoms with Crippen LogP contribution in [0.25, 0.3) is 0 Å². The van der Waals surface area contributed by atoms with Crippen LogP contribution in [0.2, 0.25) is 0 Å². The summed E-state index contributed by atoms with van der Waals surface area (Å²) >= 11 is 0. The Kier molecular flexibility index (Phi) is 9.61. The Bertz CT molecular complexity index is 1680. The lowest BCUT2D eigenvalue weighted by Crippen LogP contribution is -2.59. The molecular weight excluding hydrogens is 639 g/mol. The van der Waals surface area contributed by atoms with E-state index in [1.807, 2.05) is 31.2 Å². The minimum Gasteiger partial charge on any atom is -0.464 e. The summed E-state index contributed by atoms with van der Waals surface area (Å²) in [6.45, 7) is 1.94. The molecule has 8 rings (SSSR count). The van der Waals surface area contributed by atoms with E-state index in [9.17, 15) is 22.0 Å². The zero-order chi connectivity index (χ0) is 33.2. The molecule has 9 heteroatoms. The maximum atomic E-state index is 14.3. The molecule has 0 spiro atoms. The van der Waals surface area contributed by atoms with Crippen molar-refractivity contribution in [1.29, 1.82) is 0 Å². The number of halogens is 2. The van der Waals surface area contributed by atoms with Crippen molar-refractivity contribution < 1.29 is 30.9 Å². The van der Waals surface area contributed by atoms with Gasteiger partial charge in [0.05, 0.1) is 23.6 Å². The molecule has 3 atom stereocenters. The van der Waals surface area contributed by atoms with E-state index < -0.39 is 26.9 Å². The lowest BCUT2D eigenvalue weighted by molar-refractivity contribution is -0.161. The number of methoxy groups -OCH3 is 1. The first kappa shape index (κ1) is 33.4. The molecule has 4 bridgehead atoms. The third-order valence-corrected chi connectivity index (χ3v) is 13.2. The van der Waals surface area contributed by atoms with Crippen molar-refractivity contribution in [2.45, 2.75) is 70.5 Å². The second-order valence-electron chi connectivity index (χ2n) is 12.9. The summed E-state index contributed by atoms with van der Waals surface area (Å²) in [5.41, 5.74) is 0.698. The van der Waals surface area contributed by atoms with E-state index in [1.165, 1.54) is 14.7 Å². The first-order chi connectivity index (χ1) is 22.5. The van der Waals surface area contributed by atoms with Crippen LogP contribution in [0.4, 0.5) is 8.78 Å². The number of hydrogen-bond acceptors (Lipinski definition) is 5. The van der Waals surface area contributed by atoms with Crippen LogP contribution >= 0.6 is 0 Å². The van der Waals surface area contributed by atoms with Gasteiger partial charge in [0.25, 0.3) is 0 Å². The number of esters is 1. The molecule has 5 nitrogen and oxygen atoms in total. The number of aryl methyl sites for hydroxylation is 1. The van der Waals surface area contributed by atoms with Crippen LogP contribution < -0.4 is 0 Å². The molecule has 0 radical (unpaired) electrons. The highest BCUT2D eigenvalue weighted by Gasteiger charge is 2.64. The number of carbonyl (C=O) groups excluding carboxylic acids is 1. The molecule has 0 heterocycles. The predicted octanol–water partition coefficient (Wildman–Crippen LogP) is 8.55. The Morgan fingerprint density at radius 3 is 1.70 bits per heavy atom. The molecule has 0 amide bonds. The largest absolute Gasteiger partial charge is 0.466 e. The molecule has 0 N–H and O–H groups in total. The molecule has 0 saturated heterocycles. The van der Waals surface area contributed by atoms with Crippen LogP contribution in [0.3, 0.4) is 0 Å². The summed E-state index contributed by atoms with van der Waals surface area (Å²) in [5.74, 6) is -1.69. The number of benzene rings is 4. The van der Waals surface area contributed by atoms with Gasteiger partial charge < -0.3 is 4.74 Å². The molecule has 0 aliphatic heterocycles. The van der Waals surface area contributed by atoms with Crippen LogP contribution in [0.5, 0.6) is 0 Å². The van der Waals surface area contributed by atoms with Crippen molar-refractivity contribution in [3.63, 3.8) is 0 Å². The zero-order valence-corrected chi connectivity index (χ0v) is 28.1. The van der Waals surface area contributed by atoms with Crippen molar-refractivity contribution in [2.24, 2.45) is 17.8 Å². The average molecular weight is 678 g/mol. The fourth-order valence-corrected chi connectivity index (χ4v) is 11.3. The summed E-state index contributed by atoms with van der Waals surface area (Å²) in [6, 6.07) is 39.9. The number of carbonyl (C=O) groups is 1. The number of hydrogen-bond donors (Lipinski definition) is 0. The van der Waals surface area contributed by atoms with Gasteiger partial charge in [-0.25, -0.2) is 4.79 Å². The van der Waals surface area contributed by atoms with Crippen molar-refractivity contribution in [2.75, 3.05) is 7.11 Å². The monoisotopic (exact) mass is 677 g/mol. The number of alkyl halides is 2. The fourth-order valence-electron chi connectivity index (χ4n) is 8.10. The summed E-state index contributed by atoms with van der Waals surface area (Å²) < 4.78 is 62.9. The molecule has 47 heavy (non-hydrogen) atoms. The maximum Gasteiger partial charge on any atom is 0.466 e. The Labute approximate surface area is 278 Å². The Morgan fingerprint density at radius 2 is 1.26 bits per heavy atom. The van der Waals surface area contributed by atoms with Gasteiger partial charge >= 0.3 is 21.3 Å². The van der Waals surface area contributed by atoms with Crippen molar-refractivity contribution in [3.05, 3.63) is 126 Å². The average Bonchev–Trinajstić information content (AvgIpc) is 3.05. The van der Waals surface area contributed by atoms with Crippen molar-refractivity contribution >= 4 is 27.0 Å². The molecule has 0 aromatic heterocycles. The minimum absolute atomic E-state index is 0.0146. The summed E-state index contributed by atoms with van der Waals surface area (Å²) in [5, 5.41) is -4.73.